The summed E-state index contributed by atoms with van der Waals surface area (Å²) in [6.45, 7) is 3.39. The van der Waals surface area contributed by atoms with Gasteiger partial charge in [-0.3, -0.25) is 4.79 Å². The molecule has 0 heterocycles. The van der Waals surface area contributed by atoms with Crippen LogP contribution in [0.5, 0.6) is 0 Å². The van der Waals surface area contributed by atoms with Crippen LogP contribution in [0.25, 0.3) is 0 Å². The quantitative estimate of drug-likeness (QED) is 0.571. The summed E-state index contributed by atoms with van der Waals surface area (Å²) in [5, 5.41) is 2.00. The molecular weight excluding hydrogens is 388 g/mol. The Kier molecular flexibility index (Phi) is 6.22. The van der Waals surface area contributed by atoms with Crippen molar-refractivity contribution in [2.45, 2.75) is 31.2 Å². The van der Waals surface area contributed by atoms with Crippen LogP contribution < -0.4 is 10.0 Å². The van der Waals surface area contributed by atoms with Crippen molar-refractivity contribution in [1.29, 1.82) is 0 Å². The van der Waals surface area contributed by atoms with E-state index in [0.717, 1.165) is 18.2 Å². The number of sulfonamides is 1. The zero-order valence-corrected chi connectivity index (χ0v) is 15.1. The van der Waals surface area contributed by atoms with Gasteiger partial charge in [0.1, 0.15) is 5.82 Å². The molecule has 5 nitrogen and oxygen atoms in total. The van der Waals surface area contributed by atoms with Crippen molar-refractivity contribution in [3.8, 4) is 0 Å². The Morgan fingerprint density at radius 2 is 1.63 bits per heavy atom. The number of hydrogen-bond acceptors (Lipinski definition) is 3. The van der Waals surface area contributed by atoms with Crippen molar-refractivity contribution in [2.24, 2.45) is 0 Å². The summed E-state index contributed by atoms with van der Waals surface area (Å²) >= 11 is 0. The van der Waals surface area contributed by atoms with E-state index >= 15 is 0 Å². The van der Waals surface area contributed by atoms with Crippen LogP contribution >= 0.6 is 0 Å². The molecule has 0 radical (unpaired) electrons. The number of amides is 1. The first kappa shape index (κ1) is 20.8. The summed E-state index contributed by atoms with van der Waals surface area (Å²) < 4.78 is 80.3. The van der Waals surface area contributed by atoms with Crippen molar-refractivity contribution < 1.29 is 30.8 Å². The highest BCUT2D eigenvalue weighted by atomic mass is 32.2. The molecule has 0 spiro atoms. The maximum absolute atomic E-state index is 14.0. The number of nitrogens with one attached hydrogen (secondary N) is 2. The molecule has 146 valence electrons. The zero-order valence-electron chi connectivity index (χ0n) is 14.3. The van der Waals surface area contributed by atoms with Crippen LogP contribution in [0.4, 0.5) is 23.2 Å². The molecule has 0 saturated carbocycles. The third-order valence-corrected chi connectivity index (χ3v) is 5.29. The van der Waals surface area contributed by atoms with Gasteiger partial charge in [-0.05, 0) is 31.5 Å². The standard InChI is InChI=1S/C17H16F4N2O3S/c1-3-9(2)23-27(25,26)11-4-5-13(18)12(8-11)17(24)22-10-6-14(19)16(21)15(20)7-10/h4-9,23H,3H2,1-2H3,(H,22,24). The van der Waals surface area contributed by atoms with Crippen LogP contribution in [0.1, 0.15) is 30.6 Å². The van der Waals surface area contributed by atoms with Gasteiger partial charge >= 0.3 is 0 Å². The molecule has 2 aromatic carbocycles. The zero-order chi connectivity index (χ0) is 20.4. The molecular formula is C17H16F4N2O3S. The fourth-order valence-corrected chi connectivity index (χ4v) is 3.44. The highest BCUT2D eigenvalue weighted by Crippen LogP contribution is 2.20. The van der Waals surface area contributed by atoms with Crippen LogP contribution in [0, 0.1) is 23.3 Å². The van der Waals surface area contributed by atoms with Gasteiger partial charge in [-0.1, -0.05) is 6.92 Å². The summed E-state index contributed by atoms with van der Waals surface area (Å²) in [6.07, 6.45) is 0.509. The van der Waals surface area contributed by atoms with Crippen LogP contribution in [0.3, 0.4) is 0 Å². The Labute approximate surface area is 153 Å². The average molecular weight is 404 g/mol. The maximum atomic E-state index is 14.0. The Bertz CT molecular complexity index is 957. The minimum Gasteiger partial charge on any atom is -0.322 e. The largest absolute Gasteiger partial charge is 0.322 e. The second-order valence-corrected chi connectivity index (χ2v) is 7.49. The molecule has 0 fully saturated rings. The second-order valence-electron chi connectivity index (χ2n) is 5.78. The Hall–Kier alpha value is -2.46. The first-order chi connectivity index (χ1) is 12.5. The van der Waals surface area contributed by atoms with Crippen LogP contribution in [-0.4, -0.2) is 20.4 Å². The van der Waals surface area contributed by atoms with Crippen LogP contribution in [0.2, 0.25) is 0 Å². The first-order valence-electron chi connectivity index (χ1n) is 7.83. The minimum absolute atomic E-state index is 0.356. The molecule has 0 aliphatic carbocycles. The van der Waals surface area contributed by atoms with Crippen molar-refractivity contribution in [2.75, 3.05) is 5.32 Å². The number of rotatable bonds is 6. The predicted molar refractivity (Wildman–Crippen MR) is 90.7 cm³/mol. The lowest BCUT2D eigenvalue weighted by Crippen LogP contribution is -2.32. The van der Waals surface area contributed by atoms with E-state index in [1.165, 1.54) is 0 Å². The van der Waals surface area contributed by atoms with Crippen LogP contribution in [-0.2, 0) is 10.0 Å². The molecule has 0 aliphatic heterocycles. The number of carbonyl (C=O) groups excluding carboxylic acids is 1. The molecule has 27 heavy (non-hydrogen) atoms. The molecule has 0 aliphatic rings. The van der Waals surface area contributed by atoms with Gasteiger partial charge in [-0.2, -0.15) is 0 Å². The molecule has 1 atom stereocenters. The summed E-state index contributed by atoms with van der Waals surface area (Å²) in [5.74, 6) is -7.00. The van der Waals surface area contributed by atoms with Crippen molar-refractivity contribution >= 4 is 21.6 Å². The average Bonchev–Trinajstić information content (AvgIpc) is 2.59. The van der Waals surface area contributed by atoms with Gasteiger partial charge in [0.05, 0.1) is 10.5 Å². The second kappa shape index (κ2) is 8.05. The first-order valence-corrected chi connectivity index (χ1v) is 9.31. The lowest BCUT2D eigenvalue weighted by molar-refractivity contribution is 0.102. The minimum atomic E-state index is -4.00. The van der Waals surface area contributed by atoms with E-state index in [0.29, 0.717) is 18.6 Å². The van der Waals surface area contributed by atoms with Gasteiger partial charge in [0, 0.05) is 23.9 Å². The monoisotopic (exact) mass is 404 g/mol. The molecule has 0 bridgehead atoms. The number of halogens is 4. The van der Waals surface area contributed by atoms with E-state index < -0.39 is 50.5 Å². The third kappa shape index (κ3) is 4.83. The maximum Gasteiger partial charge on any atom is 0.258 e. The molecule has 0 saturated heterocycles. The van der Waals surface area contributed by atoms with E-state index in [4.69, 9.17) is 0 Å². The summed E-state index contributed by atoms with van der Waals surface area (Å²) in [4.78, 5) is 11.8. The Morgan fingerprint density at radius 3 is 2.19 bits per heavy atom. The highest BCUT2D eigenvalue weighted by Gasteiger charge is 2.21. The molecule has 0 aromatic heterocycles. The van der Waals surface area contributed by atoms with E-state index in [9.17, 15) is 30.8 Å². The third-order valence-electron chi connectivity index (χ3n) is 3.70. The van der Waals surface area contributed by atoms with Crippen molar-refractivity contribution in [3.63, 3.8) is 0 Å². The van der Waals surface area contributed by atoms with Gasteiger partial charge in [0.2, 0.25) is 10.0 Å². The summed E-state index contributed by atoms with van der Waals surface area (Å²) in [5.41, 5.74) is -1.12. The van der Waals surface area contributed by atoms with Crippen molar-refractivity contribution in [1.82, 2.24) is 4.72 Å². The Morgan fingerprint density at radius 1 is 1.04 bits per heavy atom. The van der Waals surface area contributed by atoms with Crippen LogP contribution in [0.15, 0.2) is 35.2 Å². The lowest BCUT2D eigenvalue weighted by Gasteiger charge is -2.13. The normalized spacial score (nSPS) is 12.7. The van der Waals surface area contributed by atoms with Gasteiger partial charge in [0.15, 0.2) is 17.5 Å². The number of anilines is 1. The molecule has 2 N–H and O–H groups in total. The van der Waals surface area contributed by atoms with E-state index in [2.05, 4.69) is 4.72 Å². The fourth-order valence-electron chi connectivity index (χ4n) is 2.09. The number of benzene rings is 2. The summed E-state index contributed by atoms with van der Waals surface area (Å²) in [6, 6.07) is 3.20. The molecule has 2 rings (SSSR count). The predicted octanol–water partition coefficient (Wildman–Crippen LogP) is 3.57. The van der Waals surface area contributed by atoms with E-state index in [1.807, 2.05) is 5.32 Å². The highest BCUT2D eigenvalue weighted by molar-refractivity contribution is 7.89. The molecule has 1 unspecified atom stereocenters. The van der Waals surface area contributed by atoms with Gasteiger partial charge in [-0.25, -0.2) is 30.7 Å². The van der Waals surface area contributed by atoms with Gasteiger partial charge in [-0.15, -0.1) is 0 Å². The van der Waals surface area contributed by atoms with Crippen molar-refractivity contribution in [3.05, 3.63) is 59.2 Å². The number of carbonyl (C=O) groups is 1. The molecule has 2 aromatic rings. The van der Waals surface area contributed by atoms with E-state index in [1.54, 1.807) is 13.8 Å². The molecule has 1 amide bonds. The van der Waals surface area contributed by atoms with Gasteiger partial charge < -0.3 is 5.32 Å². The topological polar surface area (TPSA) is 75.3 Å². The fraction of sp³-hybridized carbons (Fsp3) is 0.235. The summed E-state index contributed by atoms with van der Waals surface area (Å²) in [7, 11) is -4.00. The number of hydrogen-bond donors (Lipinski definition) is 2. The SMILES string of the molecule is CCC(C)NS(=O)(=O)c1ccc(F)c(C(=O)Nc2cc(F)c(F)c(F)c2)c1. The lowest BCUT2D eigenvalue weighted by atomic mass is 10.2. The van der Waals surface area contributed by atoms with E-state index in [-0.39, 0.29) is 10.9 Å². The molecule has 10 heteroatoms. The van der Waals surface area contributed by atoms with Gasteiger partial charge in [0.25, 0.3) is 5.91 Å². The smallest absolute Gasteiger partial charge is 0.258 e. The Balaban J connectivity index is 2.34.